The lowest BCUT2D eigenvalue weighted by Crippen LogP contribution is -2.25. The summed E-state index contributed by atoms with van der Waals surface area (Å²) in [6, 6.07) is 5.28. The molecule has 0 saturated carbocycles. The van der Waals surface area contributed by atoms with Gasteiger partial charge in [0.1, 0.15) is 0 Å². The Labute approximate surface area is 131 Å². The average molecular weight is 352 g/mol. The van der Waals surface area contributed by atoms with Crippen molar-refractivity contribution in [2.75, 3.05) is 0 Å². The summed E-state index contributed by atoms with van der Waals surface area (Å²) in [6.45, 7) is 3.18. The molecule has 8 heteroatoms. The molecule has 0 aromatic heterocycles. The molecular formula is C14H13ClF3NO2S. The van der Waals surface area contributed by atoms with Crippen molar-refractivity contribution in [3.8, 4) is 6.07 Å². The van der Waals surface area contributed by atoms with E-state index in [9.17, 15) is 21.6 Å². The van der Waals surface area contributed by atoms with Gasteiger partial charge in [0.25, 0.3) is 9.84 Å². The molecule has 0 heterocycles. The van der Waals surface area contributed by atoms with Crippen LogP contribution in [0.4, 0.5) is 13.2 Å². The molecule has 0 spiro atoms. The van der Waals surface area contributed by atoms with Crippen LogP contribution in [0.1, 0.15) is 30.9 Å². The number of nitrogens with zero attached hydrogens (tertiary/aromatic N) is 1. The first-order valence-electron chi connectivity index (χ1n) is 6.27. The van der Waals surface area contributed by atoms with Crippen molar-refractivity contribution in [2.24, 2.45) is 0 Å². The van der Waals surface area contributed by atoms with Crippen molar-refractivity contribution in [1.82, 2.24) is 0 Å². The Kier molecular flexibility index (Phi) is 5.65. The van der Waals surface area contributed by atoms with Gasteiger partial charge in [-0.1, -0.05) is 31.0 Å². The van der Waals surface area contributed by atoms with Gasteiger partial charge in [0, 0.05) is 10.6 Å². The average Bonchev–Trinajstić information content (AvgIpc) is 2.40. The van der Waals surface area contributed by atoms with Crippen molar-refractivity contribution >= 4 is 26.3 Å². The van der Waals surface area contributed by atoms with Crippen LogP contribution in [-0.4, -0.2) is 13.9 Å². The normalized spacial score (nSPS) is 13.5. The van der Waals surface area contributed by atoms with E-state index in [2.05, 4.69) is 0 Å². The van der Waals surface area contributed by atoms with E-state index in [-0.39, 0.29) is 12.0 Å². The topological polar surface area (TPSA) is 57.9 Å². The summed E-state index contributed by atoms with van der Waals surface area (Å²) >= 11 is 5.81. The summed E-state index contributed by atoms with van der Waals surface area (Å²) in [7, 11) is -5.64. The van der Waals surface area contributed by atoms with Gasteiger partial charge in [-0.05, 0) is 36.6 Å². The first-order chi connectivity index (χ1) is 10.1. The second kappa shape index (κ2) is 6.71. The van der Waals surface area contributed by atoms with E-state index in [1.807, 2.05) is 0 Å². The first-order valence-corrected chi connectivity index (χ1v) is 8.13. The number of hydrogen-bond donors (Lipinski definition) is 0. The zero-order chi connectivity index (χ0) is 17.1. The Hall–Kier alpha value is -1.52. The quantitative estimate of drug-likeness (QED) is 0.744. The molecular weight excluding hydrogens is 339 g/mol. The zero-order valence-corrected chi connectivity index (χ0v) is 13.4. The van der Waals surface area contributed by atoms with Crippen molar-refractivity contribution in [3.63, 3.8) is 0 Å². The molecule has 0 fully saturated rings. The Morgan fingerprint density at radius 3 is 2.36 bits per heavy atom. The van der Waals surface area contributed by atoms with Crippen LogP contribution in [0.15, 0.2) is 23.8 Å². The number of sulfone groups is 1. The predicted molar refractivity (Wildman–Crippen MR) is 78.6 cm³/mol. The summed E-state index contributed by atoms with van der Waals surface area (Å²) in [5.74, 6) is 0. The monoisotopic (exact) mass is 351 g/mol. The van der Waals surface area contributed by atoms with Crippen LogP contribution in [-0.2, 0) is 9.84 Å². The van der Waals surface area contributed by atoms with Crippen LogP contribution < -0.4 is 0 Å². The van der Waals surface area contributed by atoms with Gasteiger partial charge < -0.3 is 0 Å². The lowest BCUT2D eigenvalue weighted by atomic mass is 10.1. The Bertz CT molecular complexity index is 746. The number of nitriles is 1. The number of hydrogen-bond acceptors (Lipinski definition) is 3. The highest BCUT2D eigenvalue weighted by atomic mass is 35.5. The van der Waals surface area contributed by atoms with E-state index in [0.717, 1.165) is 0 Å². The molecule has 0 N–H and O–H groups in total. The van der Waals surface area contributed by atoms with Crippen LogP contribution in [0.25, 0.3) is 4.91 Å². The molecule has 120 valence electrons. The van der Waals surface area contributed by atoms with Gasteiger partial charge in [-0.2, -0.15) is 18.4 Å². The number of aryl methyl sites for hydroxylation is 1. The second-order valence-electron chi connectivity index (χ2n) is 4.58. The summed E-state index contributed by atoms with van der Waals surface area (Å²) in [5.41, 5.74) is -5.67. The van der Waals surface area contributed by atoms with Crippen LogP contribution >= 0.6 is 11.6 Å². The molecule has 1 aromatic rings. The van der Waals surface area contributed by atoms with Gasteiger partial charge in [-0.25, -0.2) is 8.42 Å². The van der Waals surface area contributed by atoms with E-state index in [4.69, 9.17) is 16.9 Å². The summed E-state index contributed by atoms with van der Waals surface area (Å²) in [6.07, 6.45) is 0.273. The number of allylic oxidation sites excluding steroid dienone is 1. The van der Waals surface area contributed by atoms with Crippen LogP contribution in [0.5, 0.6) is 0 Å². The third kappa shape index (κ3) is 3.62. The van der Waals surface area contributed by atoms with Gasteiger partial charge in [0.15, 0.2) is 0 Å². The maximum absolute atomic E-state index is 12.9. The summed E-state index contributed by atoms with van der Waals surface area (Å²) in [5, 5.41) is 9.37. The number of halogens is 4. The van der Waals surface area contributed by atoms with Gasteiger partial charge in [0.2, 0.25) is 0 Å². The third-order valence-corrected chi connectivity index (χ3v) is 4.96. The maximum Gasteiger partial charge on any atom is 0.501 e. The largest absolute Gasteiger partial charge is 0.501 e. The third-order valence-electron chi connectivity index (χ3n) is 2.90. The van der Waals surface area contributed by atoms with E-state index in [0.29, 0.717) is 17.0 Å². The molecule has 0 amide bonds. The number of rotatable bonds is 4. The number of alkyl halides is 3. The van der Waals surface area contributed by atoms with E-state index >= 15 is 0 Å². The molecule has 0 radical (unpaired) electrons. The Morgan fingerprint density at radius 1 is 1.36 bits per heavy atom. The zero-order valence-electron chi connectivity index (χ0n) is 11.8. The first kappa shape index (κ1) is 18.5. The summed E-state index contributed by atoms with van der Waals surface area (Å²) in [4.78, 5) is -0.996. The standard InChI is InChI=1S/C14H13ClF3NO2S/c1-3-4-11(8-19)13(22(20,21)14(16,17)18)10-5-6-12(15)9(2)7-10/h5-7H,3-4H2,1-2H3/b13-11+. The van der Waals surface area contributed by atoms with Gasteiger partial charge in [-0.3, -0.25) is 0 Å². The highest BCUT2D eigenvalue weighted by Crippen LogP contribution is 2.38. The predicted octanol–water partition coefficient (Wildman–Crippen LogP) is 4.62. The molecule has 0 aliphatic heterocycles. The van der Waals surface area contributed by atoms with Gasteiger partial charge in [-0.15, -0.1) is 0 Å². The second-order valence-corrected chi connectivity index (χ2v) is 6.87. The summed E-state index contributed by atoms with van der Waals surface area (Å²) < 4.78 is 62.5. The van der Waals surface area contributed by atoms with E-state index in [1.165, 1.54) is 25.1 Å². The molecule has 3 nitrogen and oxygen atoms in total. The molecule has 0 aliphatic carbocycles. The van der Waals surface area contributed by atoms with E-state index in [1.54, 1.807) is 13.0 Å². The fraction of sp³-hybridized carbons (Fsp3) is 0.357. The fourth-order valence-corrected chi connectivity index (χ4v) is 3.12. The van der Waals surface area contributed by atoms with Crippen molar-refractivity contribution in [3.05, 3.63) is 39.9 Å². The highest BCUT2D eigenvalue weighted by molar-refractivity contribution is 8.01. The number of benzene rings is 1. The molecule has 1 rings (SSSR count). The van der Waals surface area contributed by atoms with Gasteiger partial charge in [0.05, 0.1) is 11.0 Å². The van der Waals surface area contributed by atoms with E-state index < -0.39 is 25.8 Å². The molecule has 1 aromatic carbocycles. The van der Waals surface area contributed by atoms with Crippen LogP contribution in [0.3, 0.4) is 0 Å². The van der Waals surface area contributed by atoms with Gasteiger partial charge >= 0.3 is 5.51 Å². The maximum atomic E-state index is 12.9. The smallest absolute Gasteiger partial charge is 0.214 e. The minimum absolute atomic E-state index is 0.0666. The molecule has 22 heavy (non-hydrogen) atoms. The van der Waals surface area contributed by atoms with Crippen molar-refractivity contribution in [1.29, 1.82) is 5.26 Å². The molecule has 0 saturated heterocycles. The Morgan fingerprint density at radius 2 is 1.95 bits per heavy atom. The van der Waals surface area contributed by atoms with Crippen LogP contribution in [0.2, 0.25) is 5.02 Å². The molecule has 0 aliphatic rings. The fourth-order valence-electron chi connectivity index (χ4n) is 1.86. The Balaban J connectivity index is 3.77. The van der Waals surface area contributed by atoms with Crippen molar-refractivity contribution < 1.29 is 21.6 Å². The highest BCUT2D eigenvalue weighted by Gasteiger charge is 2.49. The minimum atomic E-state index is -5.64. The molecule has 0 bridgehead atoms. The molecule has 0 atom stereocenters. The SMILES string of the molecule is CCC/C(C#N)=C(/c1ccc(Cl)c(C)c1)S(=O)(=O)C(F)(F)F. The van der Waals surface area contributed by atoms with Crippen molar-refractivity contribution in [2.45, 2.75) is 32.2 Å². The molecule has 0 unspecified atom stereocenters. The lowest BCUT2D eigenvalue weighted by Gasteiger charge is -2.15. The van der Waals surface area contributed by atoms with Crippen LogP contribution in [0, 0.1) is 18.3 Å². The lowest BCUT2D eigenvalue weighted by molar-refractivity contribution is -0.0420. The minimum Gasteiger partial charge on any atom is -0.214 e.